The number of amides is 1. The molecule has 16 heavy (non-hydrogen) atoms. The van der Waals surface area contributed by atoms with Gasteiger partial charge in [0.25, 0.3) is 5.91 Å². The van der Waals surface area contributed by atoms with Gasteiger partial charge in [0, 0.05) is 0 Å². The van der Waals surface area contributed by atoms with E-state index in [2.05, 4.69) is 31.2 Å². The van der Waals surface area contributed by atoms with Gasteiger partial charge in [-0.15, -0.1) is 0 Å². The molecule has 0 atom stereocenters. The molecule has 82 valence electrons. The molecule has 2 heterocycles. The van der Waals surface area contributed by atoms with Crippen molar-refractivity contribution in [3.05, 3.63) is 40.7 Å². The van der Waals surface area contributed by atoms with Gasteiger partial charge in [0.05, 0.1) is 18.0 Å². The van der Waals surface area contributed by atoms with Crippen molar-refractivity contribution in [3.63, 3.8) is 0 Å². The number of furan rings is 1. The number of aryl methyl sites for hydroxylation is 1. The highest BCUT2D eigenvalue weighted by molar-refractivity contribution is 9.10. The maximum absolute atomic E-state index is 11.7. The van der Waals surface area contributed by atoms with E-state index in [0.717, 1.165) is 0 Å². The number of nitrogens with one attached hydrogen (secondary N) is 1. The van der Waals surface area contributed by atoms with Crippen LogP contribution in [-0.4, -0.2) is 15.9 Å². The lowest BCUT2D eigenvalue weighted by molar-refractivity contribution is 0.102. The summed E-state index contributed by atoms with van der Waals surface area (Å²) >= 11 is 3.16. The molecule has 0 aliphatic carbocycles. The van der Waals surface area contributed by atoms with E-state index < -0.39 is 0 Å². The first-order chi connectivity index (χ1) is 7.65. The zero-order valence-corrected chi connectivity index (χ0v) is 9.98. The van der Waals surface area contributed by atoms with Gasteiger partial charge >= 0.3 is 0 Å². The molecule has 0 aliphatic heterocycles. The number of aromatic nitrogens is 2. The largest absolute Gasteiger partial charge is 0.469 e. The molecule has 2 aromatic rings. The summed E-state index contributed by atoms with van der Waals surface area (Å²) < 4.78 is 5.65. The average Bonchev–Trinajstić information content (AvgIpc) is 2.68. The molecule has 1 amide bonds. The Hall–Kier alpha value is -1.69. The summed E-state index contributed by atoms with van der Waals surface area (Å²) in [5.41, 5.74) is 0.460. The first kappa shape index (κ1) is 10.8. The van der Waals surface area contributed by atoms with E-state index in [1.165, 1.54) is 18.7 Å². The van der Waals surface area contributed by atoms with Crippen molar-refractivity contribution in [1.82, 2.24) is 9.97 Å². The third kappa shape index (κ3) is 2.46. The standard InChI is InChI=1S/C10H8BrN3O2/c1-6-2-7(5-16-6)10(15)14-9-4-12-8(11)3-13-9/h2-5H,1H3,(H,13,14,15). The van der Waals surface area contributed by atoms with E-state index in [0.29, 0.717) is 21.7 Å². The number of rotatable bonds is 2. The zero-order valence-electron chi connectivity index (χ0n) is 8.40. The smallest absolute Gasteiger partial charge is 0.260 e. The van der Waals surface area contributed by atoms with Crippen molar-refractivity contribution in [1.29, 1.82) is 0 Å². The fourth-order valence-electron chi connectivity index (χ4n) is 1.13. The predicted molar refractivity (Wildman–Crippen MR) is 61.1 cm³/mol. The first-order valence-electron chi connectivity index (χ1n) is 4.49. The molecule has 2 aromatic heterocycles. The fraction of sp³-hybridized carbons (Fsp3) is 0.100. The molecule has 2 rings (SSSR count). The number of anilines is 1. The Balaban J connectivity index is 2.10. The molecule has 0 aliphatic rings. The Morgan fingerprint density at radius 3 is 2.81 bits per heavy atom. The fourth-order valence-corrected chi connectivity index (χ4v) is 1.33. The molecular weight excluding hydrogens is 274 g/mol. The van der Waals surface area contributed by atoms with Crippen LogP contribution in [0.2, 0.25) is 0 Å². The maximum atomic E-state index is 11.7. The van der Waals surface area contributed by atoms with Gasteiger partial charge in [-0.3, -0.25) is 4.79 Å². The lowest BCUT2D eigenvalue weighted by Crippen LogP contribution is -2.12. The second-order valence-electron chi connectivity index (χ2n) is 3.12. The Morgan fingerprint density at radius 1 is 1.44 bits per heavy atom. The van der Waals surface area contributed by atoms with Crippen LogP contribution in [0.15, 0.2) is 33.7 Å². The predicted octanol–water partition coefficient (Wildman–Crippen LogP) is 2.39. The molecule has 5 nitrogen and oxygen atoms in total. The summed E-state index contributed by atoms with van der Waals surface area (Å²) in [4.78, 5) is 19.6. The van der Waals surface area contributed by atoms with E-state index in [-0.39, 0.29) is 5.91 Å². The van der Waals surface area contributed by atoms with E-state index in [1.54, 1.807) is 13.0 Å². The lowest BCUT2D eigenvalue weighted by Gasteiger charge is -2.00. The van der Waals surface area contributed by atoms with Crippen LogP contribution in [0, 0.1) is 6.92 Å². The van der Waals surface area contributed by atoms with Gasteiger partial charge in [0.1, 0.15) is 16.6 Å². The number of hydrogen-bond acceptors (Lipinski definition) is 4. The minimum Gasteiger partial charge on any atom is -0.469 e. The zero-order chi connectivity index (χ0) is 11.5. The van der Waals surface area contributed by atoms with Gasteiger partial charge in [0.2, 0.25) is 0 Å². The normalized spacial score (nSPS) is 10.1. The van der Waals surface area contributed by atoms with Crippen LogP contribution in [0.1, 0.15) is 16.1 Å². The molecule has 0 bridgehead atoms. The summed E-state index contributed by atoms with van der Waals surface area (Å²) in [6.45, 7) is 1.77. The molecule has 0 spiro atoms. The van der Waals surface area contributed by atoms with Crippen molar-refractivity contribution in [2.45, 2.75) is 6.92 Å². The monoisotopic (exact) mass is 281 g/mol. The highest BCUT2D eigenvalue weighted by Crippen LogP contribution is 2.10. The maximum Gasteiger partial charge on any atom is 0.260 e. The van der Waals surface area contributed by atoms with E-state index in [9.17, 15) is 4.79 Å². The van der Waals surface area contributed by atoms with Gasteiger partial charge < -0.3 is 9.73 Å². The van der Waals surface area contributed by atoms with Crippen LogP contribution in [0.3, 0.4) is 0 Å². The summed E-state index contributed by atoms with van der Waals surface area (Å²) in [5, 5.41) is 2.61. The van der Waals surface area contributed by atoms with Crippen LogP contribution >= 0.6 is 15.9 Å². The molecule has 0 saturated heterocycles. The van der Waals surface area contributed by atoms with E-state index >= 15 is 0 Å². The van der Waals surface area contributed by atoms with Crippen molar-refractivity contribution in [2.75, 3.05) is 5.32 Å². The molecular formula is C10H8BrN3O2. The molecule has 0 unspecified atom stereocenters. The highest BCUT2D eigenvalue weighted by Gasteiger charge is 2.09. The summed E-state index contributed by atoms with van der Waals surface area (Å²) in [6, 6.07) is 1.65. The van der Waals surface area contributed by atoms with Crippen molar-refractivity contribution >= 4 is 27.7 Å². The number of carbonyl (C=O) groups is 1. The van der Waals surface area contributed by atoms with Gasteiger partial charge in [-0.25, -0.2) is 9.97 Å². The molecule has 0 radical (unpaired) electrons. The minimum atomic E-state index is -0.270. The van der Waals surface area contributed by atoms with Crippen LogP contribution < -0.4 is 5.32 Å². The molecule has 0 fully saturated rings. The average molecular weight is 282 g/mol. The van der Waals surface area contributed by atoms with Crippen LogP contribution in [0.4, 0.5) is 5.82 Å². The second-order valence-corrected chi connectivity index (χ2v) is 3.94. The Bertz CT molecular complexity index is 507. The Labute approximate surface area is 100 Å². The van der Waals surface area contributed by atoms with Gasteiger partial charge in [-0.1, -0.05) is 0 Å². The highest BCUT2D eigenvalue weighted by atomic mass is 79.9. The van der Waals surface area contributed by atoms with Gasteiger partial charge in [-0.05, 0) is 28.9 Å². The Morgan fingerprint density at radius 2 is 2.25 bits per heavy atom. The summed E-state index contributed by atoms with van der Waals surface area (Å²) in [6.07, 6.45) is 4.38. The topological polar surface area (TPSA) is 68.0 Å². The SMILES string of the molecule is Cc1cc(C(=O)Nc2cnc(Br)cn2)co1. The lowest BCUT2D eigenvalue weighted by atomic mass is 10.3. The van der Waals surface area contributed by atoms with Crippen LogP contribution in [-0.2, 0) is 0 Å². The quantitative estimate of drug-likeness (QED) is 0.918. The molecule has 0 saturated carbocycles. The van der Waals surface area contributed by atoms with Crippen molar-refractivity contribution in [2.24, 2.45) is 0 Å². The Kier molecular flexibility index (Phi) is 3.00. The molecule has 6 heteroatoms. The third-order valence-electron chi connectivity index (χ3n) is 1.85. The summed E-state index contributed by atoms with van der Waals surface area (Å²) in [7, 11) is 0. The number of nitrogens with zero attached hydrogens (tertiary/aromatic N) is 2. The van der Waals surface area contributed by atoms with E-state index in [1.807, 2.05) is 0 Å². The number of halogens is 1. The van der Waals surface area contributed by atoms with Crippen LogP contribution in [0.25, 0.3) is 0 Å². The van der Waals surface area contributed by atoms with Crippen LogP contribution in [0.5, 0.6) is 0 Å². The van der Waals surface area contributed by atoms with Crippen molar-refractivity contribution < 1.29 is 9.21 Å². The third-order valence-corrected chi connectivity index (χ3v) is 2.26. The first-order valence-corrected chi connectivity index (χ1v) is 5.28. The minimum absolute atomic E-state index is 0.270. The molecule has 1 N–H and O–H groups in total. The van der Waals surface area contributed by atoms with E-state index in [4.69, 9.17) is 4.42 Å². The van der Waals surface area contributed by atoms with Crippen molar-refractivity contribution in [3.8, 4) is 0 Å². The molecule has 0 aromatic carbocycles. The van der Waals surface area contributed by atoms with Gasteiger partial charge in [-0.2, -0.15) is 0 Å². The second kappa shape index (κ2) is 4.44. The van der Waals surface area contributed by atoms with Gasteiger partial charge in [0.15, 0.2) is 5.82 Å². The number of carbonyl (C=O) groups excluding carboxylic acids is 1. The number of hydrogen-bond donors (Lipinski definition) is 1. The summed E-state index contributed by atoms with van der Waals surface area (Å²) in [5.74, 6) is 0.813.